The molecule has 0 aliphatic carbocycles. The fraction of sp³-hybridized carbons (Fsp3) is 0.588. The molecule has 1 saturated heterocycles. The number of carbonyl (C=O) groups excluding carboxylic acids is 1. The molecule has 7 heteroatoms. The Balaban J connectivity index is 1.92. The van der Waals surface area contributed by atoms with Gasteiger partial charge in [-0.3, -0.25) is 4.79 Å². The van der Waals surface area contributed by atoms with E-state index in [2.05, 4.69) is 5.32 Å². The Morgan fingerprint density at radius 1 is 1.29 bits per heavy atom. The van der Waals surface area contributed by atoms with Crippen LogP contribution in [-0.2, 0) is 14.8 Å². The molecule has 134 valence electrons. The van der Waals surface area contributed by atoms with E-state index in [0.29, 0.717) is 12.3 Å². The third-order valence-electron chi connectivity index (χ3n) is 4.89. The van der Waals surface area contributed by atoms with Gasteiger partial charge in [0.2, 0.25) is 15.9 Å². The highest BCUT2D eigenvalue weighted by molar-refractivity contribution is 7.89. The zero-order valence-corrected chi connectivity index (χ0v) is 15.2. The lowest BCUT2D eigenvalue weighted by Gasteiger charge is -2.27. The first kappa shape index (κ1) is 18.9. The normalized spacial score (nSPS) is 17.5. The zero-order chi connectivity index (χ0) is 17.7. The number of amides is 1. The molecular formula is C17H27N3O3S. The molecule has 1 heterocycles. The van der Waals surface area contributed by atoms with E-state index in [1.807, 2.05) is 6.92 Å². The van der Waals surface area contributed by atoms with Gasteiger partial charge in [-0.15, -0.1) is 0 Å². The Morgan fingerprint density at radius 2 is 1.88 bits per heavy atom. The molecule has 1 aromatic carbocycles. The third kappa shape index (κ3) is 5.03. The van der Waals surface area contributed by atoms with Gasteiger partial charge in [-0.1, -0.05) is 12.1 Å². The van der Waals surface area contributed by atoms with Crippen LogP contribution >= 0.6 is 0 Å². The Labute approximate surface area is 144 Å². The minimum atomic E-state index is -3.69. The summed E-state index contributed by atoms with van der Waals surface area (Å²) in [6.07, 6.45) is 3.77. The fourth-order valence-electron chi connectivity index (χ4n) is 3.05. The summed E-state index contributed by atoms with van der Waals surface area (Å²) in [4.78, 5) is 14.2. The van der Waals surface area contributed by atoms with Crippen LogP contribution in [0.25, 0.3) is 0 Å². The number of hydrogen-bond donors (Lipinski definition) is 2. The molecule has 0 saturated carbocycles. The van der Waals surface area contributed by atoms with E-state index in [-0.39, 0.29) is 16.8 Å². The lowest BCUT2D eigenvalue weighted by atomic mass is 9.93. The van der Waals surface area contributed by atoms with E-state index >= 15 is 0 Å². The molecule has 1 unspecified atom stereocenters. The molecule has 1 aliphatic rings. The molecule has 24 heavy (non-hydrogen) atoms. The van der Waals surface area contributed by atoms with Crippen molar-refractivity contribution in [1.82, 2.24) is 10.2 Å². The second-order valence-electron chi connectivity index (χ2n) is 6.53. The number of nitrogens with zero attached hydrogens (tertiary/aromatic N) is 1. The number of sulfonamides is 1. The Morgan fingerprint density at radius 3 is 2.42 bits per heavy atom. The van der Waals surface area contributed by atoms with Gasteiger partial charge in [0.25, 0.3) is 0 Å². The summed E-state index contributed by atoms with van der Waals surface area (Å²) in [6.45, 7) is 4.03. The highest BCUT2D eigenvalue weighted by Crippen LogP contribution is 2.23. The van der Waals surface area contributed by atoms with Gasteiger partial charge in [0.05, 0.1) is 10.9 Å². The van der Waals surface area contributed by atoms with Crippen LogP contribution in [0.1, 0.15) is 44.2 Å². The van der Waals surface area contributed by atoms with Crippen molar-refractivity contribution in [1.29, 1.82) is 0 Å². The summed E-state index contributed by atoms with van der Waals surface area (Å²) in [5, 5.41) is 8.44. The highest BCUT2D eigenvalue weighted by Gasteiger charge is 2.20. The maximum atomic E-state index is 12.4. The van der Waals surface area contributed by atoms with Gasteiger partial charge in [0, 0.05) is 13.5 Å². The monoisotopic (exact) mass is 353 g/mol. The lowest BCUT2D eigenvalue weighted by molar-refractivity contribution is -0.132. The van der Waals surface area contributed by atoms with Gasteiger partial charge < -0.3 is 10.2 Å². The smallest absolute Gasteiger partial charge is 0.238 e. The van der Waals surface area contributed by atoms with Crippen molar-refractivity contribution < 1.29 is 13.2 Å². The Kier molecular flexibility index (Phi) is 6.37. The van der Waals surface area contributed by atoms with E-state index in [1.165, 1.54) is 12.1 Å². The second kappa shape index (κ2) is 8.09. The molecule has 0 spiro atoms. The minimum Gasteiger partial charge on any atom is -0.339 e. The molecule has 1 aliphatic heterocycles. The summed E-state index contributed by atoms with van der Waals surface area (Å²) in [5.41, 5.74) is 0.889. The summed E-state index contributed by atoms with van der Waals surface area (Å²) < 4.78 is 22.6. The van der Waals surface area contributed by atoms with Crippen LogP contribution in [0.3, 0.4) is 0 Å². The number of piperidine rings is 1. The van der Waals surface area contributed by atoms with Crippen molar-refractivity contribution in [2.75, 3.05) is 20.1 Å². The van der Waals surface area contributed by atoms with E-state index in [0.717, 1.165) is 37.9 Å². The predicted octanol–water partition coefficient (Wildman–Crippen LogP) is 1.63. The summed E-state index contributed by atoms with van der Waals surface area (Å²) >= 11 is 0. The highest BCUT2D eigenvalue weighted by atomic mass is 32.2. The molecule has 1 amide bonds. The maximum absolute atomic E-state index is 12.4. The van der Waals surface area contributed by atoms with Crippen LogP contribution in [0.15, 0.2) is 29.2 Å². The van der Waals surface area contributed by atoms with Crippen molar-refractivity contribution in [3.8, 4) is 0 Å². The number of hydrogen-bond acceptors (Lipinski definition) is 4. The van der Waals surface area contributed by atoms with E-state index in [9.17, 15) is 13.2 Å². The van der Waals surface area contributed by atoms with Gasteiger partial charge in [0.15, 0.2) is 0 Å². The van der Waals surface area contributed by atoms with Gasteiger partial charge >= 0.3 is 0 Å². The quantitative estimate of drug-likeness (QED) is 0.813. The largest absolute Gasteiger partial charge is 0.339 e. The SMILES string of the molecule is CC(c1ccc(S(N)(=O)=O)cc1)N(C)C(=O)CCC1CCNCC1. The zero-order valence-electron chi connectivity index (χ0n) is 14.4. The number of carbonyl (C=O) groups is 1. The average molecular weight is 353 g/mol. The van der Waals surface area contributed by atoms with Crippen molar-refractivity contribution in [2.24, 2.45) is 11.1 Å². The van der Waals surface area contributed by atoms with Crippen molar-refractivity contribution >= 4 is 15.9 Å². The van der Waals surface area contributed by atoms with E-state index in [4.69, 9.17) is 5.14 Å². The van der Waals surface area contributed by atoms with Gasteiger partial charge in [0.1, 0.15) is 0 Å². The van der Waals surface area contributed by atoms with Crippen LogP contribution in [0.4, 0.5) is 0 Å². The first-order chi connectivity index (χ1) is 11.3. The summed E-state index contributed by atoms with van der Waals surface area (Å²) in [6, 6.07) is 6.27. The molecule has 0 bridgehead atoms. The molecular weight excluding hydrogens is 326 g/mol. The lowest BCUT2D eigenvalue weighted by Crippen LogP contribution is -2.31. The average Bonchev–Trinajstić information content (AvgIpc) is 2.58. The molecule has 1 fully saturated rings. The van der Waals surface area contributed by atoms with E-state index in [1.54, 1.807) is 24.1 Å². The summed E-state index contributed by atoms with van der Waals surface area (Å²) in [5.74, 6) is 0.754. The van der Waals surface area contributed by atoms with Gasteiger partial charge in [-0.2, -0.15) is 0 Å². The predicted molar refractivity (Wildman–Crippen MR) is 93.8 cm³/mol. The second-order valence-corrected chi connectivity index (χ2v) is 8.09. The molecule has 6 nitrogen and oxygen atoms in total. The van der Waals surface area contributed by atoms with Crippen LogP contribution < -0.4 is 10.5 Å². The van der Waals surface area contributed by atoms with Crippen LogP contribution in [-0.4, -0.2) is 39.4 Å². The van der Waals surface area contributed by atoms with Gasteiger partial charge in [-0.25, -0.2) is 13.6 Å². The third-order valence-corrected chi connectivity index (χ3v) is 5.82. The number of benzene rings is 1. The first-order valence-electron chi connectivity index (χ1n) is 8.38. The van der Waals surface area contributed by atoms with Crippen LogP contribution in [0, 0.1) is 5.92 Å². The first-order valence-corrected chi connectivity index (χ1v) is 9.93. The number of rotatable bonds is 6. The van der Waals surface area contributed by atoms with E-state index < -0.39 is 10.0 Å². The minimum absolute atomic E-state index is 0.0818. The summed E-state index contributed by atoms with van der Waals surface area (Å²) in [7, 11) is -1.89. The Bertz CT molecular complexity index is 652. The van der Waals surface area contributed by atoms with Crippen LogP contribution in [0.5, 0.6) is 0 Å². The Hall–Kier alpha value is -1.44. The fourth-order valence-corrected chi connectivity index (χ4v) is 3.57. The topological polar surface area (TPSA) is 92.5 Å². The van der Waals surface area contributed by atoms with Crippen molar-refractivity contribution in [2.45, 2.75) is 43.5 Å². The molecule has 3 N–H and O–H groups in total. The molecule has 0 aromatic heterocycles. The van der Waals surface area contributed by atoms with Crippen molar-refractivity contribution in [3.63, 3.8) is 0 Å². The van der Waals surface area contributed by atoms with Crippen LogP contribution in [0.2, 0.25) is 0 Å². The van der Waals surface area contributed by atoms with Gasteiger partial charge in [-0.05, 0) is 62.9 Å². The maximum Gasteiger partial charge on any atom is 0.238 e. The number of nitrogens with two attached hydrogens (primary N) is 1. The molecule has 0 radical (unpaired) electrons. The molecule has 1 atom stereocenters. The molecule has 2 rings (SSSR count). The standard InChI is InChI=1S/C17H27N3O3S/c1-13(15-4-6-16(7-5-15)24(18,22)23)20(2)17(21)8-3-14-9-11-19-12-10-14/h4-7,13-14,19H,3,8-12H2,1-2H3,(H2,18,22,23). The number of nitrogens with one attached hydrogen (secondary N) is 1. The number of primary sulfonamides is 1. The molecule has 1 aromatic rings. The van der Waals surface area contributed by atoms with Crippen molar-refractivity contribution in [3.05, 3.63) is 29.8 Å².